The Kier molecular flexibility index (Phi) is 1.29. The van der Waals surface area contributed by atoms with Crippen molar-refractivity contribution in [2.75, 3.05) is 0 Å². The van der Waals surface area contributed by atoms with Gasteiger partial charge in [-0.1, -0.05) is 11.6 Å². The first kappa shape index (κ1) is 6.55. The SMILES string of the molecule is Oc1cc(Cl)cc2ccoc12. The van der Waals surface area contributed by atoms with Gasteiger partial charge in [-0.3, -0.25) is 0 Å². The van der Waals surface area contributed by atoms with Crippen molar-refractivity contribution in [1.82, 2.24) is 0 Å². The number of benzene rings is 1. The van der Waals surface area contributed by atoms with E-state index in [4.69, 9.17) is 16.0 Å². The standard InChI is InChI=1S/C8H5ClO2/c9-6-3-5-1-2-11-8(5)7(10)4-6/h1-4,10H. The highest BCUT2D eigenvalue weighted by Gasteiger charge is 2.03. The topological polar surface area (TPSA) is 33.4 Å². The number of furan rings is 1. The van der Waals surface area contributed by atoms with Crippen LogP contribution in [0, 0.1) is 0 Å². The lowest BCUT2D eigenvalue weighted by molar-refractivity contribution is 0.465. The Morgan fingerprint density at radius 3 is 3.00 bits per heavy atom. The molecule has 2 aromatic rings. The zero-order valence-corrected chi connectivity index (χ0v) is 6.30. The molecule has 1 aromatic carbocycles. The number of hydrogen-bond acceptors (Lipinski definition) is 2. The molecule has 0 amide bonds. The third-order valence-corrected chi connectivity index (χ3v) is 1.71. The summed E-state index contributed by atoms with van der Waals surface area (Å²) in [6.45, 7) is 0. The maximum atomic E-state index is 9.26. The van der Waals surface area contributed by atoms with Crippen LogP contribution in [0.15, 0.2) is 28.9 Å². The summed E-state index contributed by atoms with van der Waals surface area (Å²) in [4.78, 5) is 0. The van der Waals surface area contributed by atoms with Gasteiger partial charge in [-0.2, -0.15) is 0 Å². The van der Waals surface area contributed by atoms with Crippen molar-refractivity contribution in [2.24, 2.45) is 0 Å². The summed E-state index contributed by atoms with van der Waals surface area (Å²) in [7, 11) is 0. The van der Waals surface area contributed by atoms with Crippen molar-refractivity contribution in [3.63, 3.8) is 0 Å². The maximum Gasteiger partial charge on any atom is 0.175 e. The highest BCUT2D eigenvalue weighted by Crippen LogP contribution is 2.29. The van der Waals surface area contributed by atoms with E-state index in [1.165, 1.54) is 12.3 Å². The molecule has 0 radical (unpaired) electrons. The van der Waals surface area contributed by atoms with Gasteiger partial charge in [-0.05, 0) is 12.1 Å². The molecule has 1 N–H and O–H groups in total. The van der Waals surface area contributed by atoms with Gasteiger partial charge in [0.2, 0.25) is 0 Å². The molecule has 0 spiro atoms. The second-order valence-corrected chi connectivity index (χ2v) is 2.70. The molecule has 0 bridgehead atoms. The lowest BCUT2D eigenvalue weighted by Gasteiger charge is -1.93. The third kappa shape index (κ3) is 0.955. The zero-order valence-electron chi connectivity index (χ0n) is 5.54. The van der Waals surface area contributed by atoms with Crippen LogP contribution in [0.2, 0.25) is 5.02 Å². The molecule has 0 aliphatic carbocycles. The minimum atomic E-state index is 0.0810. The van der Waals surface area contributed by atoms with Crippen molar-refractivity contribution in [3.8, 4) is 5.75 Å². The Morgan fingerprint density at radius 2 is 2.18 bits per heavy atom. The van der Waals surface area contributed by atoms with Crippen LogP contribution >= 0.6 is 11.6 Å². The van der Waals surface area contributed by atoms with Crippen molar-refractivity contribution in [3.05, 3.63) is 29.5 Å². The average Bonchev–Trinajstić information content (AvgIpc) is 2.34. The number of phenolic OH excluding ortho intramolecular Hbond substituents is 1. The lowest BCUT2D eigenvalue weighted by atomic mass is 10.2. The van der Waals surface area contributed by atoms with Gasteiger partial charge in [-0.15, -0.1) is 0 Å². The minimum absolute atomic E-state index is 0.0810. The second-order valence-electron chi connectivity index (χ2n) is 2.26. The zero-order chi connectivity index (χ0) is 7.84. The van der Waals surface area contributed by atoms with E-state index in [9.17, 15) is 5.11 Å². The molecular formula is C8H5ClO2. The molecule has 1 heterocycles. The van der Waals surface area contributed by atoms with Gasteiger partial charge in [0.15, 0.2) is 11.3 Å². The number of halogens is 1. The van der Waals surface area contributed by atoms with Crippen molar-refractivity contribution in [1.29, 1.82) is 0 Å². The number of rotatable bonds is 0. The molecule has 2 rings (SSSR count). The monoisotopic (exact) mass is 168 g/mol. The van der Waals surface area contributed by atoms with Gasteiger partial charge in [0, 0.05) is 16.5 Å². The molecule has 0 aliphatic rings. The Labute approximate surface area is 68.0 Å². The quantitative estimate of drug-likeness (QED) is 0.656. The van der Waals surface area contributed by atoms with Crippen LogP contribution in [0.25, 0.3) is 11.0 Å². The summed E-state index contributed by atoms with van der Waals surface area (Å²) in [5.41, 5.74) is 0.481. The summed E-state index contributed by atoms with van der Waals surface area (Å²) in [6, 6.07) is 4.94. The molecule has 2 nitrogen and oxygen atoms in total. The van der Waals surface area contributed by atoms with Gasteiger partial charge in [-0.25, -0.2) is 0 Å². The van der Waals surface area contributed by atoms with E-state index in [0.717, 1.165) is 5.39 Å². The van der Waals surface area contributed by atoms with Crippen molar-refractivity contribution in [2.45, 2.75) is 0 Å². The van der Waals surface area contributed by atoms with E-state index in [-0.39, 0.29) is 5.75 Å². The summed E-state index contributed by atoms with van der Waals surface area (Å²) in [6.07, 6.45) is 1.51. The number of phenols is 1. The molecular weight excluding hydrogens is 164 g/mol. The number of hydrogen-bond donors (Lipinski definition) is 1. The molecule has 0 saturated carbocycles. The molecule has 11 heavy (non-hydrogen) atoms. The van der Waals surface area contributed by atoms with E-state index < -0.39 is 0 Å². The van der Waals surface area contributed by atoms with E-state index >= 15 is 0 Å². The fourth-order valence-corrected chi connectivity index (χ4v) is 1.25. The first-order valence-corrected chi connectivity index (χ1v) is 3.51. The van der Waals surface area contributed by atoms with E-state index in [2.05, 4.69) is 0 Å². The number of aromatic hydroxyl groups is 1. The van der Waals surface area contributed by atoms with Gasteiger partial charge >= 0.3 is 0 Å². The minimum Gasteiger partial charge on any atom is -0.504 e. The van der Waals surface area contributed by atoms with Crippen LogP contribution in [-0.2, 0) is 0 Å². The van der Waals surface area contributed by atoms with E-state index in [0.29, 0.717) is 10.6 Å². The van der Waals surface area contributed by atoms with Gasteiger partial charge in [0.05, 0.1) is 6.26 Å². The van der Waals surface area contributed by atoms with Gasteiger partial charge < -0.3 is 9.52 Å². The van der Waals surface area contributed by atoms with Crippen LogP contribution in [0.3, 0.4) is 0 Å². The first-order chi connectivity index (χ1) is 5.27. The largest absolute Gasteiger partial charge is 0.504 e. The van der Waals surface area contributed by atoms with E-state index in [1.807, 2.05) is 0 Å². The Hall–Kier alpha value is -1.15. The maximum absolute atomic E-state index is 9.26. The highest BCUT2D eigenvalue weighted by molar-refractivity contribution is 6.31. The molecule has 0 atom stereocenters. The molecule has 1 aromatic heterocycles. The Bertz CT molecular complexity index is 392. The summed E-state index contributed by atoms with van der Waals surface area (Å²) in [5.74, 6) is 0.0810. The smallest absolute Gasteiger partial charge is 0.175 e. The van der Waals surface area contributed by atoms with Gasteiger partial charge in [0.25, 0.3) is 0 Å². The van der Waals surface area contributed by atoms with Crippen LogP contribution in [0.4, 0.5) is 0 Å². The predicted octanol–water partition coefficient (Wildman–Crippen LogP) is 2.79. The van der Waals surface area contributed by atoms with E-state index in [1.54, 1.807) is 12.1 Å². The van der Waals surface area contributed by atoms with Crippen LogP contribution in [0.5, 0.6) is 5.75 Å². The normalized spacial score (nSPS) is 10.6. The summed E-state index contributed by atoms with van der Waals surface area (Å²) >= 11 is 5.68. The second kappa shape index (κ2) is 2.17. The lowest BCUT2D eigenvalue weighted by Crippen LogP contribution is -1.67. The van der Waals surface area contributed by atoms with Gasteiger partial charge in [0.1, 0.15) is 0 Å². The molecule has 0 aliphatic heterocycles. The predicted molar refractivity (Wildman–Crippen MR) is 42.9 cm³/mol. The molecule has 0 unspecified atom stereocenters. The molecule has 0 fully saturated rings. The third-order valence-electron chi connectivity index (χ3n) is 1.50. The fourth-order valence-electron chi connectivity index (χ4n) is 1.03. The van der Waals surface area contributed by atoms with Crippen LogP contribution < -0.4 is 0 Å². The van der Waals surface area contributed by atoms with Crippen molar-refractivity contribution >= 4 is 22.6 Å². The average molecular weight is 169 g/mol. The molecule has 3 heteroatoms. The van der Waals surface area contributed by atoms with Crippen LogP contribution in [0.1, 0.15) is 0 Å². The molecule has 56 valence electrons. The summed E-state index contributed by atoms with van der Waals surface area (Å²) in [5, 5.41) is 10.6. The molecule has 0 saturated heterocycles. The highest BCUT2D eigenvalue weighted by atomic mass is 35.5. The summed E-state index contributed by atoms with van der Waals surface area (Å²) < 4.78 is 5.00. The number of fused-ring (bicyclic) bond motifs is 1. The van der Waals surface area contributed by atoms with Crippen LogP contribution in [-0.4, -0.2) is 5.11 Å². The Balaban J connectivity index is 2.91. The Morgan fingerprint density at radius 1 is 1.36 bits per heavy atom. The fraction of sp³-hybridized carbons (Fsp3) is 0. The van der Waals surface area contributed by atoms with Crippen molar-refractivity contribution < 1.29 is 9.52 Å². The first-order valence-electron chi connectivity index (χ1n) is 3.13.